The van der Waals surface area contributed by atoms with Crippen LogP contribution in [0, 0.1) is 6.92 Å². The maximum absolute atomic E-state index is 12.3. The number of hydrogen-bond donors (Lipinski definition) is 1. The molecule has 0 aliphatic heterocycles. The standard InChI is InChI=1S/C20H18ClN3O3/c1-14-6-8-15(9-7-14)12-23-10-11-24(20(27)19(23)26)13-18(25)22-17-5-3-2-4-16(17)21/h2-11H,12-13H2,1H3,(H,22,25). The monoisotopic (exact) mass is 383 g/mol. The van der Waals surface area contributed by atoms with E-state index in [1.165, 1.54) is 17.0 Å². The Morgan fingerprint density at radius 1 is 0.963 bits per heavy atom. The molecule has 0 aliphatic rings. The van der Waals surface area contributed by atoms with Gasteiger partial charge in [0.25, 0.3) is 0 Å². The summed E-state index contributed by atoms with van der Waals surface area (Å²) in [5, 5.41) is 3.02. The Hall–Kier alpha value is -3.12. The van der Waals surface area contributed by atoms with Gasteiger partial charge in [0.15, 0.2) is 0 Å². The molecule has 27 heavy (non-hydrogen) atoms. The van der Waals surface area contributed by atoms with E-state index in [1.54, 1.807) is 24.3 Å². The maximum atomic E-state index is 12.3. The lowest BCUT2D eigenvalue weighted by atomic mass is 10.1. The van der Waals surface area contributed by atoms with Crippen molar-refractivity contribution in [3.05, 3.63) is 97.8 Å². The second-order valence-corrected chi connectivity index (χ2v) is 6.59. The predicted octanol–water partition coefficient (Wildman–Crippen LogP) is 2.66. The Morgan fingerprint density at radius 3 is 2.30 bits per heavy atom. The molecule has 3 aromatic rings. The normalized spacial score (nSPS) is 10.6. The number of aromatic nitrogens is 2. The van der Waals surface area contributed by atoms with E-state index < -0.39 is 17.0 Å². The van der Waals surface area contributed by atoms with Crippen LogP contribution in [-0.4, -0.2) is 15.0 Å². The fourth-order valence-electron chi connectivity index (χ4n) is 2.59. The summed E-state index contributed by atoms with van der Waals surface area (Å²) in [7, 11) is 0. The van der Waals surface area contributed by atoms with Gasteiger partial charge in [0.2, 0.25) is 5.91 Å². The number of benzene rings is 2. The maximum Gasteiger partial charge on any atom is 0.316 e. The first-order chi connectivity index (χ1) is 12.9. The molecule has 0 unspecified atom stereocenters. The van der Waals surface area contributed by atoms with Crippen LogP contribution in [0.5, 0.6) is 0 Å². The third-order valence-electron chi connectivity index (χ3n) is 4.07. The SMILES string of the molecule is Cc1ccc(Cn2ccn(CC(=O)Nc3ccccc3Cl)c(=O)c2=O)cc1. The number of amides is 1. The number of para-hydroxylation sites is 1. The molecule has 1 aromatic heterocycles. The van der Waals surface area contributed by atoms with Gasteiger partial charge in [-0.15, -0.1) is 0 Å². The van der Waals surface area contributed by atoms with Crippen LogP contribution >= 0.6 is 11.6 Å². The summed E-state index contributed by atoms with van der Waals surface area (Å²) in [6.07, 6.45) is 2.94. The fourth-order valence-corrected chi connectivity index (χ4v) is 2.77. The molecule has 138 valence electrons. The van der Waals surface area contributed by atoms with Crippen LogP contribution in [0.4, 0.5) is 5.69 Å². The topological polar surface area (TPSA) is 73.1 Å². The molecule has 1 amide bonds. The second-order valence-electron chi connectivity index (χ2n) is 6.18. The Bertz CT molecular complexity index is 1080. The molecule has 0 saturated heterocycles. The highest BCUT2D eigenvalue weighted by Crippen LogP contribution is 2.20. The molecule has 0 radical (unpaired) electrons. The molecule has 1 N–H and O–H groups in total. The number of hydrogen-bond acceptors (Lipinski definition) is 3. The van der Waals surface area contributed by atoms with Crippen molar-refractivity contribution >= 4 is 23.2 Å². The average molecular weight is 384 g/mol. The second kappa shape index (κ2) is 8.05. The van der Waals surface area contributed by atoms with Crippen LogP contribution in [0.15, 0.2) is 70.5 Å². The van der Waals surface area contributed by atoms with Gasteiger partial charge in [0, 0.05) is 12.4 Å². The Labute approximate surface area is 160 Å². The van der Waals surface area contributed by atoms with Gasteiger partial charge in [-0.1, -0.05) is 53.6 Å². The van der Waals surface area contributed by atoms with E-state index in [0.717, 1.165) is 15.7 Å². The summed E-state index contributed by atoms with van der Waals surface area (Å²) < 4.78 is 2.41. The number of nitrogens with one attached hydrogen (secondary N) is 1. The zero-order chi connectivity index (χ0) is 19.4. The fraction of sp³-hybridized carbons (Fsp3) is 0.150. The number of rotatable bonds is 5. The highest BCUT2D eigenvalue weighted by molar-refractivity contribution is 6.33. The van der Waals surface area contributed by atoms with Crippen molar-refractivity contribution < 1.29 is 4.79 Å². The summed E-state index contributed by atoms with van der Waals surface area (Å²) in [6, 6.07) is 14.5. The molecule has 6 nitrogen and oxygen atoms in total. The van der Waals surface area contributed by atoms with Gasteiger partial charge in [-0.3, -0.25) is 19.0 Å². The van der Waals surface area contributed by atoms with Crippen molar-refractivity contribution in [2.24, 2.45) is 0 Å². The minimum Gasteiger partial charge on any atom is -0.323 e. The van der Waals surface area contributed by atoms with Crippen LogP contribution in [-0.2, 0) is 17.9 Å². The van der Waals surface area contributed by atoms with E-state index in [9.17, 15) is 14.4 Å². The third-order valence-corrected chi connectivity index (χ3v) is 4.40. The number of aryl methyl sites for hydroxylation is 1. The molecule has 7 heteroatoms. The number of carbonyl (C=O) groups excluding carboxylic acids is 1. The quantitative estimate of drug-likeness (QED) is 0.688. The van der Waals surface area contributed by atoms with Crippen molar-refractivity contribution in [1.82, 2.24) is 9.13 Å². The zero-order valence-electron chi connectivity index (χ0n) is 14.7. The van der Waals surface area contributed by atoms with Gasteiger partial charge >= 0.3 is 11.1 Å². The molecule has 0 atom stereocenters. The van der Waals surface area contributed by atoms with Crippen LogP contribution in [0.2, 0.25) is 5.02 Å². The van der Waals surface area contributed by atoms with Gasteiger partial charge in [0.1, 0.15) is 6.54 Å². The van der Waals surface area contributed by atoms with Crippen molar-refractivity contribution in [3.63, 3.8) is 0 Å². The van der Waals surface area contributed by atoms with Crippen molar-refractivity contribution in [3.8, 4) is 0 Å². The van der Waals surface area contributed by atoms with Crippen LogP contribution in [0.3, 0.4) is 0 Å². The zero-order valence-corrected chi connectivity index (χ0v) is 15.4. The molecule has 0 spiro atoms. The molecule has 0 bridgehead atoms. The van der Waals surface area contributed by atoms with E-state index in [1.807, 2.05) is 31.2 Å². The van der Waals surface area contributed by atoms with Gasteiger partial charge in [0.05, 0.1) is 17.3 Å². The molecule has 0 saturated carbocycles. The minimum absolute atomic E-state index is 0.273. The summed E-state index contributed by atoms with van der Waals surface area (Å²) >= 11 is 6.00. The Balaban J connectivity index is 1.75. The first-order valence-electron chi connectivity index (χ1n) is 8.34. The molecular weight excluding hydrogens is 366 g/mol. The Kier molecular flexibility index (Phi) is 5.57. The molecule has 1 heterocycles. The van der Waals surface area contributed by atoms with E-state index in [4.69, 9.17) is 11.6 Å². The molecule has 0 fully saturated rings. The summed E-state index contributed by atoms with van der Waals surface area (Å²) in [5.41, 5.74) is 1.05. The van der Waals surface area contributed by atoms with Gasteiger partial charge < -0.3 is 9.88 Å². The Morgan fingerprint density at radius 2 is 1.59 bits per heavy atom. The minimum atomic E-state index is -0.751. The number of anilines is 1. The average Bonchev–Trinajstić information content (AvgIpc) is 2.65. The van der Waals surface area contributed by atoms with Crippen LogP contribution in [0.1, 0.15) is 11.1 Å². The summed E-state index contributed by atoms with van der Waals surface area (Å²) in [5.74, 6) is -0.444. The van der Waals surface area contributed by atoms with Crippen molar-refractivity contribution in [2.45, 2.75) is 20.0 Å². The number of nitrogens with zero attached hydrogens (tertiary/aromatic N) is 2. The van der Waals surface area contributed by atoms with Gasteiger partial charge in [-0.25, -0.2) is 0 Å². The molecule has 2 aromatic carbocycles. The van der Waals surface area contributed by atoms with E-state index in [0.29, 0.717) is 17.3 Å². The molecule has 0 aliphatic carbocycles. The largest absolute Gasteiger partial charge is 0.323 e. The third kappa shape index (κ3) is 4.54. The first kappa shape index (κ1) is 18.7. The summed E-state index contributed by atoms with van der Waals surface area (Å²) in [6.45, 7) is 2.00. The summed E-state index contributed by atoms with van der Waals surface area (Å²) in [4.78, 5) is 36.8. The lowest BCUT2D eigenvalue weighted by Crippen LogP contribution is -2.42. The predicted molar refractivity (Wildman–Crippen MR) is 105 cm³/mol. The van der Waals surface area contributed by atoms with Crippen molar-refractivity contribution in [2.75, 3.05) is 5.32 Å². The molecule has 3 rings (SSSR count). The van der Waals surface area contributed by atoms with E-state index in [2.05, 4.69) is 5.32 Å². The highest BCUT2D eigenvalue weighted by Gasteiger charge is 2.10. The van der Waals surface area contributed by atoms with Crippen molar-refractivity contribution in [1.29, 1.82) is 0 Å². The lowest BCUT2D eigenvalue weighted by Gasteiger charge is -2.10. The number of halogens is 1. The van der Waals surface area contributed by atoms with Crippen LogP contribution < -0.4 is 16.4 Å². The van der Waals surface area contributed by atoms with Crippen LogP contribution in [0.25, 0.3) is 0 Å². The molecular formula is C20H18ClN3O3. The first-order valence-corrected chi connectivity index (χ1v) is 8.71. The smallest absolute Gasteiger partial charge is 0.316 e. The lowest BCUT2D eigenvalue weighted by molar-refractivity contribution is -0.116. The highest BCUT2D eigenvalue weighted by atomic mass is 35.5. The van der Waals surface area contributed by atoms with Gasteiger partial charge in [-0.2, -0.15) is 0 Å². The van der Waals surface area contributed by atoms with E-state index in [-0.39, 0.29) is 6.54 Å². The van der Waals surface area contributed by atoms with E-state index >= 15 is 0 Å². The van der Waals surface area contributed by atoms with Gasteiger partial charge in [-0.05, 0) is 24.6 Å². The number of carbonyl (C=O) groups is 1.